The average molecular weight is 400 g/mol. The third-order valence-electron chi connectivity index (χ3n) is 4.00. The fourth-order valence-electron chi connectivity index (χ4n) is 2.57. The Morgan fingerprint density at radius 2 is 1.82 bits per heavy atom. The lowest BCUT2D eigenvalue weighted by Crippen LogP contribution is -2.27. The summed E-state index contributed by atoms with van der Waals surface area (Å²) in [6.45, 7) is 0.374. The number of aromatic nitrogens is 2. The Morgan fingerprint density at radius 3 is 2.50 bits per heavy atom. The van der Waals surface area contributed by atoms with Crippen molar-refractivity contribution >= 4 is 21.6 Å². The summed E-state index contributed by atoms with van der Waals surface area (Å²) in [6, 6.07) is 16.0. The molecule has 0 saturated heterocycles. The number of amides is 1. The Morgan fingerprint density at radius 1 is 1.11 bits per heavy atom. The second kappa shape index (κ2) is 8.57. The predicted octanol–water partition coefficient (Wildman–Crippen LogP) is 2.19. The number of methoxy groups -OCH3 is 1. The molecule has 3 N–H and O–H groups in total. The number of nitrogens with one attached hydrogen (secondary N) is 3. The van der Waals surface area contributed by atoms with Crippen molar-refractivity contribution < 1.29 is 17.9 Å². The highest BCUT2D eigenvalue weighted by molar-refractivity contribution is 7.92. The minimum absolute atomic E-state index is 0.0472. The predicted molar refractivity (Wildman–Crippen MR) is 105 cm³/mol. The van der Waals surface area contributed by atoms with Gasteiger partial charge in [-0.15, -0.1) is 0 Å². The van der Waals surface area contributed by atoms with E-state index in [2.05, 4.69) is 20.2 Å². The molecule has 28 heavy (non-hydrogen) atoms. The third kappa shape index (κ3) is 4.68. The number of nitrogens with zero attached hydrogens (tertiary/aromatic N) is 1. The Hall–Kier alpha value is -3.33. The third-order valence-corrected chi connectivity index (χ3v) is 5.36. The number of rotatable bonds is 8. The lowest BCUT2D eigenvalue weighted by Gasteiger charge is -2.09. The van der Waals surface area contributed by atoms with Gasteiger partial charge in [0, 0.05) is 12.2 Å². The minimum atomic E-state index is -4.01. The first-order valence-electron chi connectivity index (χ1n) is 8.52. The van der Waals surface area contributed by atoms with Gasteiger partial charge < -0.3 is 10.1 Å². The van der Waals surface area contributed by atoms with Gasteiger partial charge in [0.2, 0.25) is 0 Å². The van der Waals surface area contributed by atoms with Crippen LogP contribution in [-0.4, -0.2) is 38.2 Å². The van der Waals surface area contributed by atoms with E-state index in [1.165, 1.54) is 13.3 Å². The highest BCUT2D eigenvalue weighted by atomic mass is 32.2. The zero-order valence-electron chi connectivity index (χ0n) is 15.2. The zero-order chi connectivity index (χ0) is 20.0. The van der Waals surface area contributed by atoms with Gasteiger partial charge in [-0.1, -0.05) is 30.3 Å². The van der Waals surface area contributed by atoms with Crippen LogP contribution < -0.4 is 14.8 Å². The van der Waals surface area contributed by atoms with Gasteiger partial charge in [-0.05, 0) is 36.2 Å². The summed E-state index contributed by atoms with van der Waals surface area (Å²) >= 11 is 0. The van der Waals surface area contributed by atoms with Crippen LogP contribution in [0.15, 0.2) is 65.8 Å². The number of H-pyrrole nitrogens is 1. The summed E-state index contributed by atoms with van der Waals surface area (Å²) in [6.07, 6.45) is 1.83. The van der Waals surface area contributed by atoms with Crippen molar-refractivity contribution in [1.29, 1.82) is 0 Å². The quantitative estimate of drug-likeness (QED) is 0.536. The van der Waals surface area contributed by atoms with Crippen LogP contribution in [0.3, 0.4) is 0 Å². The van der Waals surface area contributed by atoms with Gasteiger partial charge in [0.05, 0.1) is 18.9 Å². The molecule has 0 aliphatic heterocycles. The Bertz CT molecular complexity index is 1030. The van der Waals surface area contributed by atoms with Crippen molar-refractivity contribution in [3.8, 4) is 5.75 Å². The van der Waals surface area contributed by atoms with Gasteiger partial charge in [-0.25, -0.2) is 0 Å². The van der Waals surface area contributed by atoms with Crippen LogP contribution in [0.4, 0.5) is 5.69 Å². The van der Waals surface area contributed by atoms with E-state index in [4.69, 9.17) is 4.74 Å². The molecule has 8 nitrogen and oxygen atoms in total. The fraction of sp³-hybridized carbons (Fsp3) is 0.158. The Labute approximate surface area is 163 Å². The molecule has 9 heteroatoms. The summed E-state index contributed by atoms with van der Waals surface area (Å²) in [5, 5.41) is 8.54. The summed E-state index contributed by atoms with van der Waals surface area (Å²) in [5.74, 6) is 0.0859. The first-order valence-corrected chi connectivity index (χ1v) is 10.0. The van der Waals surface area contributed by atoms with E-state index in [9.17, 15) is 13.2 Å². The lowest BCUT2D eigenvalue weighted by atomic mass is 10.1. The number of sulfonamides is 1. The Kier molecular flexibility index (Phi) is 5.95. The molecule has 1 aromatic heterocycles. The maximum atomic E-state index is 12.6. The summed E-state index contributed by atoms with van der Waals surface area (Å²) in [5.41, 5.74) is 1.36. The molecule has 3 rings (SSSR count). The smallest absolute Gasteiger partial charge is 0.279 e. The summed E-state index contributed by atoms with van der Waals surface area (Å²) in [7, 11) is -2.49. The van der Waals surface area contributed by atoms with E-state index in [0.29, 0.717) is 24.4 Å². The SMILES string of the molecule is COc1ccc(NS(=O)(=O)c2[nH]ncc2C(=O)NCCc2ccccc2)cc1. The van der Waals surface area contributed by atoms with Crippen LogP contribution in [0, 0.1) is 0 Å². The second-order valence-electron chi connectivity index (χ2n) is 5.94. The number of benzene rings is 2. The molecule has 0 atom stereocenters. The van der Waals surface area contributed by atoms with Crippen LogP contribution in [0.25, 0.3) is 0 Å². The minimum Gasteiger partial charge on any atom is -0.497 e. The maximum absolute atomic E-state index is 12.6. The zero-order valence-corrected chi connectivity index (χ0v) is 16.0. The maximum Gasteiger partial charge on any atom is 0.279 e. The molecule has 0 spiro atoms. The highest BCUT2D eigenvalue weighted by Crippen LogP contribution is 2.20. The highest BCUT2D eigenvalue weighted by Gasteiger charge is 2.25. The number of hydrogen-bond donors (Lipinski definition) is 3. The molecule has 0 saturated carbocycles. The summed E-state index contributed by atoms with van der Waals surface area (Å²) < 4.78 is 32.7. The first kappa shape index (κ1) is 19.4. The molecule has 1 amide bonds. The van der Waals surface area contributed by atoms with E-state index in [-0.39, 0.29) is 10.6 Å². The van der Waals surface area contributed by atoms with E-state index < -0.39 is 15.9 Å². The van der Waals surface area contributed by atoms with E-state index in [1.807, 2.05) is 30.3 Å². The van der Waals surface area contributed by atoms with Gasteiger partial charge in [0.25, 0.3) is 15.9 Å². The van der Waals surface area contributed by atoms with Crippen LogP contribution >= 0.6 is 0 Å². The topological polar surface area (TPSA) is 113 Å². The fourth-order valence-corrected chi connectivity index (χ4v) is 3.72. The van der Waals surface area contributed by atoms with Crippen LogP contribution in [0.5, 0.6) is 5.75 Å². The molecular formula is C19H20N4O4S. The van der Waals surface area contributed by atoms with Crippen molar-refractivity contribution in [2.24, 2.45) is 0 Å². The summed E-state index contributed by atoms with van der Waals surface area (Å²) in [4.78, 5) is 12.4. The van der Waals surface area contributed by atoms with E-state index >= 15 is 0 Å². The van der Waals surface area contributed by atoms with Crippen LogP contribution in [0.2, 0.25) is 0 Å². The monoisotopic (exact) mass is 400 g/mol. The average Bonchev–Trinajstić information content (AvgIpc) is 3.20. The largest absolute Gasteiger partial charge is 0.497 e. The molecule has 0 aliphatic rings. The van der Waals surface area contributed by atoms with Crippen LogP contribution in [0.1, 0.15) is 15.9 Å². The molecule has 3 aromatic rings. The molecule has 0 bridgehead atoms. The second-order valence-corrected chi connectivity index (χ2v) is 7.56. The number of hydrogen-bond acceptors (Lipinski definition) is 5. The van der Waals surface area contributed by atoms with Crippen molar-refractivity contribution in [2.45, 2.75) is 11.4 Å². The molecule has 2 aromatic carbocycles. The van der Waals surface area contributed by atoms with Crippen molar-refractivity contribution in [3.05, 3.63) is 71.9 Å². The van der Waals surface area contributed by atoms with Crippen molar-refractivity contribution in [2.75, 3.05) is 18.4 Å². The lowest BCUT2D eigenvalue weighted by molar-refractivity contribution is 0.0951. The van der Waals surface area contributed by atoms with E-state index in [1.54, 1.807) is 24.3 Å². The molecule has 1 heterocycles. The van der Waals surface area contributed by atoms with Gasteiger partial charge in [0.1, 0.15) is 5.75 Å². The Balaban J connectivity index is 1.67. The number of anilines is 1. The molecule has 0 fully saturated rings. The number of carbonyl (C=O) groups is 1. The number of ether oxygens (including phenoxy) is 1. The van der Waals surface area contributed by atoms with Crippen molar-refractivity contribution in [3.63, 3.8) is 0 Å². The van der Waals surface area contributed by atoms with Crippen molar-refractivity contribution in [1.82, 2.24) is 15.5 Å². The van der Waals surface area contributed by atoms with Gasteiger partial charge >= 0.3 is 0 Å². The van der Waals surface area contributed by atoms with Gasteiger partial charge in [0.15, 0.2) is 5.03 Å². The van der Waals surface area contributed by atoms with Crippen LogP contribution in [-0.2, 0) is 16.4 Å². The standard InChI is InChI=1S/C19H20N4O4S/c1-27-16-9-7-15(8-10-16)23-28(25,26)19-17(13-21-22-19)18(24)20-12-11-14-5-3-2-4-6-14/h2-10,13,23H,11-12H2,1H3,(H,20,24)(H,21,22). The van der Waals surface area contributed by atoms with E-state index in [0.717, 1.165) is 5.56 Å². The molecule has 146 valence electrons. The molecular weight excluding hydrogens is 380 g/mol. The molecule has 0 radical (unpaired) electrons. The van der Waals surface area contributed by atoms with Gasteiger partial charge in [-0.2, -0.15) is 13.5 Å². The molecule has 0 aliphatic carbocycles. The number of aromatic amines is 1. The first-order chi connectivity index (χ1) is 13.5. The number of carbonyl (C=O) groups excluding carboxylic acids is 1. The van der Waals surface area contributed by atoms with Gasteiger partial charge in [-0.3, -0.25) is 14.6 Å². The normalized spacial score (nSPS) is 11.0. The molecule has 0 unspecified atom stereocenters.